The number of benzene rings is 1. The lowest BCUT2D eigenvalue weighted by Crippen LogP contribution is -2.49. The van der Waals surface area contributed by atoms with Crippen molar-refractivity contribution in [3.63, 3.8) is 0 Å². The van der Waals surface area contributed by atoms with Crippen molar-refractivity contribution in [3.8, 4) is 0 Å². The van der Waals surface area contributed by atoms with E-state index in [0.29, 0.717) is 42.9 Å². The van der Waals surface area contributed by atoms with Crippen LogP contribution in [0.4, 0.5) is 9.18 Å². The normalized spacial score (nSPS) is 24.2. The van der Waals surface area contributed by atoms with Crippen molar-refractivity contribution in [2.75, 3.05) is 13.1 Å². The Kier molecular flexibility index (Phi) is 3.54. The molecular weight excluding hydrogens is 325 g/mol. The summed E-state index contributed by atoms with van der Waals surface area (Å²) in [6.45, 7) is 5.22. The molecule has 1 aromatic heterocycles. The SMILES string of the molecule is CC(C)N1C(=O)NC2(CCN(Cc3nc4c(F)cccc4[nH]3)C2)C1=O. The Morgan fingerprint density at radius 3 is 2.84 bits per heavy atom. The fourth-order valence-electron chi connectivity index (χ4n) is 3.75. The minimum Gasteiger partial charge on any atom is -0.341 e. The van der Waals surface area contributed by atoms with Crippen molar-refractivity contribution >= 4 is 23.0 Å². The number of nitrogens with one attached hydrogen (secondary N) is 2. The third-order valence-electron chi connectivity index (χ3n) is 4.94. The number of H-pyrrole nitrogens is 1. The summed E-state index contributed by atoms with van der Waals surface area (Å²) in [4.78, 5) is 35.6. The fraction of sp³-hybridized carbons (Fsp3) is 0.471. The van der Waals surface area contributed by atoms with Crippen molar-refractivity contribution < 1.29 is 14.0 Å². The number of imidazole rings is 1. The van der Waals surface area contributed by atoms with E-state index in [4.69, 9.17) is 0 Å². The molecule has 25 heavy (non-hydrogen) atoms. The lowest BCUT2D eigenvalue weighted by molar-refractivity contribution is -0.132. The summed E-state index contributed by atoms with van der Waals surface area (Å²) in [5.41, 5.74) is 0.126. The number of aromatic amines is 1. The molecule has 2 aliphatic heterocycles. The van der Waals surface area contributed by atoms with Crippen LogP contribution in [0.2, 0.25) is 0 Å². The van der Waals surface area contributed by atoms with Crippen LogP contribution >= 0.6 is 0 Å². The number of fused-ring (bicyclic) bond motifs is 1. The van der Waals surface area contributed by atoms with Crippen molar-refractivity contribution in [3.05, 3.63) is 29.8 Å². The molecule has 2 N–H and O–H groups in total. The molecule has 8 heteroatoms. The monoisotopic (exact) mass is 345 g/mol. The first-order valence-electron chi connectivity index (χ1n) is 8.41. The minimum absolute atomic E-state index is 0.161. The quantitative estimate of drug-likeness (QED) is 0.828. The fourth-order valence-corrected chi connectivity index (χ4v) is 3.75. The van der Waals surface area contributed by atoms with Gasteiger partial charge in [0.05, 0.1) is 12.1 Å². The van der Waals surface area contributed by atoms with Crippen LogP contribution in [0.3, 0.4) is 0 Å². The van der Waals surface area contributed by atoms with Crippen LogP contribution in [-0.2, 0) is 11.3 Å². The summed E-state index contributed by atoms with van der Waals surface area (Å²) in [7, 11) is 0. The first-order valence-corrected chi connectivity index (χ1v) is 8.41. The van der Waals surface area contributed by atoms with Gasteiger partial charge in [-0.15, -0.1) is 0 Å². The van der Waals surface area contributed by atoms with Gasteiger partial charge in [-0.25, -0.2) is 14.2 Å². The Labute approximate surface area is 144 Å². The van der Waals surface area contributed by atoms with Crippen LogP contribution in [0.1, 0.15) is 26.1 Å². The van der Waals surface area contributed by atoms with Crippen LogP contribution in [0.25, 0.3) is 11.0 Å². The maximum Gasteiger partial charge on any atom is 0.325 e. The van der Waals surface area contributed by atoms with Gasteiger partial charge in [0.1, 0.15) is 16.9 Å². The van der Waals surface area contributed by atoms with Crippen LogP contribution in [0.5, 0.6) is 0 Å². The number of para-hydroxylation sites is 1. The Morgan fingerprint density at radius 2 is 2.16 bits per heavy atom. The Hall–Kier alpha value is -2.48. The zero-order valence-electron chi connectivity index (χ0n) is 14.2. The molecule has 0 bridgehead atoms. The number of rotatable bonds is 3. The highest BCUT2D eigenvalue weighted by molar-refractivity contribution is 6.07. The minimum atomic E-state index is -0.849. The number of carbonyl (C=O) groups excluding carboxylic acids is 2. The zero-order chi connectivity index (χ0) is 17.8. The molecular formula is C17H20FN5O2. The van der Waals surface area contributed by atoms with Crippen LogP contribution in [0.15, 0.2) is 18.2 Å². The van der Waals surface area contributed by atoms with E-state index in [1.807, 2.05) is 13.8 Å². The van der Waals surface area contributed by atoms with Crippen molar-refractivity contribution in [2.24, 2.45) is 0 Å². The van der Waals surface area contributed by atoms with Gasteiger partial charge in [0, 0.05) is 19.1 Å². The molecule has 1 atom stereocenters. The number of hydrogen-bond donors (Lipinski definition) is 2. The van der Waals surface area contributed by atoms with Gasteiger partial charge >= 0.3 is 6.03 Å². The lowest BCUT2D eigenvalue weighted by atomic mass is 9.99. The lowest BCUT2D eigenvalue weighted by Gasteiger charge is -2.22. The number of halogens is 1. The van der Waals surface area contributed by atoms with Gasteiger partial charge in [0.25, 0.3) is 5.91 Å². The van der Waals surface area contributed by atoms with Gasteiger partial charge in [-0.2, -0.15) is 0 Å². The second kappa shape index (κ2) is 5.52. The number of hydrogen-bond acceptors (Lipinski definition) is 4. The van der Waals surface area contributed by atoms with Crippen LogP contribution in [0, 0.1) is 5.82 Å². The molecule has 1 unspecified atom stereocenters. The van der Waals surface area contributed by atoms with Gasteiger partial charge in [0.2, 0.25) is 0 Å². The number of carbonyl (C=O) groups is 2. The van der Waals surface area contributed by atoms with Gasteiger partial charge < -0.3 is 10.3 Å². The van der Waals surface area contributed by atoms with E-state index in [-0.39, 0.29) is 23.8 Å². The van der Waals surface area contributed by atoms with Gasteiger partial charge in [-0.1, -0.05) is 6.07 Å². The number of urea groups is 1. The average Bonchev–Trinajstić information content (AvgIpc) is 3.18. The van der Waals surface area contributed by atoms with Crippen molar-refractivity contribution in [1.82, 2.24) is 25.1 Å². The molecule has 2 saturated heterocycles. The molecule has 3 heterocycles. The van der Waals surface area contributed by atoms with Gasteiger partial charge in [-0.3, -0.25) is 14.6 Å². The summed E-state index contributed by atoms with van der Waals surface area (Å²) in [5.74, 6) is 0.129. The highest BCUT2D eigenvalue weighted by Crippen LogP contribution is 2.30. The topological polar surface area (TPSA) is 81.3 Å². The predicted octanol–water partition coefficient (Wildman–Crippen LogP) is 1.61. The maximum absolute atomic E-state index is 13.8. The Balaban J connectivity index is 1.52. The summed E-state index contributed by atoms with van der Waals surface area (Å²) in [6, 6.07) is 4.30. The number of imide groups is 1. The van der Waals surface area contributed by atoms with E-state index < -0.39 is 5.54 Å². The Bertz CT molecular complexity index is 864. The first-order chi connectivity index (χ1) is 11.9. The van der Waals surface area contributed by atoms with E-state index in [9.17, 15) is 14.0 Å². The maximum atomic E-state index is 13.8. The summed E-state index contributed by atoms with van der Waals surface area (Å²) < 4.78 is 13.8. The number of nitrogens with zero attached hydrogens (tertiary/aromatic N) is 3. The molecule has 0 aliphatic carbocycles. The molecule has 7 nitrogen and oxygen atoms in total. The summed E-state index contributed by atoms with van der Waals surface area (Å²) in [5, 5.41) is 2.87. The summed E-state index contributed by atoms with van der Waals surface area (Å²) >= 11 is 0. The van der Waals surface area contributed by atoms with E-state index in [1.165, 1.54) is 11.0 Å². The molecule has 132 valence electrons. The van der Waals surface area contributed by atoms with E-state index in [0.717, 1.165) is 0 Å². The van der Waals surface area contributed by atoms with E-state index >= 15 is 0 Å². The third kappa shape index (κ3) is 2.48. The highest BCUT2D eigenvalue weighted by atomic mass is 19.1. The van der Waals surface area contributed by atoms with Crippen LogP contribution < -0.4 is 5.32 Å². The molecule has 0 saturated carbocycles. The summed E-state index contributed by atoms with van der Waals surface area (Å²) in [6.07, 6.45) is 0.565. The standard InChI is InChI=1S/C17H20FN5O2/c1-10(2)23-15(24)17(21-16(23)25)6-7-22(9-17)8-13-19-12-5-3-4-11(18)14(12)20-13/h3-5,10H,6-9H2,1-2H3,(H,19,20)(H,21,25). The third-order valence-corrected chi connectivity index (χ3v) is 4.94. The van der Waals surface area contributed by atoms with E-state index in [1.54, 1.807) is 12.1 Å². The molecule has 1 aromatic carbocycles. The molecule has 4 rings (SSSR count). The van der Waals surface area contributed by atoms with Crippen molar-refractivity contribution in [1.29, 1.82) is 0 Å². The molecule has 2 aromatic rings. The average molecular weight is 345 g/mol. The molecule has 3 amide bonds. The van der Waals surface area contributed by atoms with E-state index in [2.05, 4.69) is 20.2 Å². The van der Waals surface area contributed by atoms with Gasteiger partial charge in [-0.05, 0) is 32.4 Å². The van der Waals surface area contributed by atoms with Gasteiger partial charge in [0.15, 0.2) is 5.82 Å². The molecule has 2 fully saturated rings. The molecule has 2 aliphatic rings. The zero-order valence-corrected chi connectivity index (χ0v) is 14.2. The molecule has 0 radical (unpaired) electrons. The second-order valence-corrected chi connectivity index (χ2v) is 7.06. The van der Waals surface area contributed by atoms with Crippen LogP contribution in [-0.4, -0.2) is 56.4 Å². The first kappa shape index (κ1) is 16.0. The largest absolute Gasteiger partial charge is 0.341 e. The number of likely N-dealkylation sites (tertiary alicyclic amines) is 1. The Morgan fingerprint density at radius 1 is 1.36 bits per heavy atom. The highest BCUT2D eigenvalue weighted by Gasteiger charge is 2.55. The second-order valence-electron chi connectivity index (χ2n) is 7.06. The number of aromatic nitrogens is 2. The van der Waals surface area contributed by atoms with Crippen molar-refractivity contribution in [2.45, 2.75) is 38.4 Å². The number of amides is 3. The smallest absolute Gasteiger partial charge is 0.325 e. The predicted molar refractivity (Wildman–Crippen MR) is 89.2 cm³/mol. The molecule has 1 spiro atoms.